The summed E-state index contributed by atoms with van der Waals surface area (Å²) in [7, 11) is 1.39. The van der Waals surface area contributed by atoms with E-state index in [2.05, 4.69) is 5.32 Å². The third kappa shape index (κ3) is 11.3. The van der Waals surface area contributed by atoms with Gasteiger partial charge in [-0.15, -0.1) is 0 Å². The second kappa shape index (κ2) is 7.69. The van der Waals surface area contributed by atoms with Crippen molar-refractivity contribution in [3.63, 3.8) is 0 Å². The molecule has 0 heterocycles. The molecule has 0 atom stereocenters. The van der Waals surface area contributed by atoms with Crippen molar-refractivity contribution in [3.8, 4) is 0 Å². The zero-order chi connectivity index (χ0) is 8.91. The van der Waals surface area contributed by atoms with Crippen molar-refractivity contribution in [2.24, 2.45) is 0 Å². The van der Waals surface area contributed by atoms with E-state index in [1.807, 2.05) is 0 Å². The van der Waals surface area contributed by atoms with Gasteiger partial charge < -0.3 is 18.3 Å². The molecular formula is C4H8BF3KNOS. The summed E-state index contributed by atoms with van der Waals surface area (Å²) in [6, 6.07) is 0. The summed E-state index contributed by atoms with van der Waals surface area (Å²) in [6.45, 7) is -4.75. The van der Waals surface area contributed by atoms with Crippen LogP contribution >= 0.6 is 11.8 Å². The summed E-state index contributed by atoms with van der Waals surface area (Å²) in [4.78, 5) is 10.4. The molecule has 0 radical (unpaired) electrons. The van der Waals surface area contributed by atoms with E-state index >= 15 is 0 Å². The van der Waals surface area contributed by atoms with Crippen molar-refractivity contribution in [2.75, 3.05) is 18.5 Å². The molecule has 0 saturated carbocycles. The summed E-state index contributed by atoms with van der Waals surface area (Å²) in [5.74, 6) is -0.507. The first-order valence-corrected chi connectivity index (χ1v) is 4.10. The van der Waals surface area contributed by atoms with Crippen LogP contribution in [-0.4, -0.2) is 31.3 Å². The monoisotopic (exact) mass is 225 g/mol. The third-order valence-electron chi connectivity index (χ3n) is 0.819. The largest absolute Gasteiger partial charge is 1.00 e. The molecule has 0 aliphatic carbocycles. The van der Waals surface area contributed by atoms with Crippen molar-refractivity contribution in [2.45, 2.75) is 0 Å². The normalized spacial score (nSPS) is 10.3. The molecule has 1 amide bonds. The van der Waals surface area contributed by atoms with Gasteiger partial charge >= 0.3 is 58.4 Å². The Morgan fingerprint density at radius 1 is 1.50 bits per heavy atom. The van der Waals surface area contributed by atoms with Gasteiger partial charge in [0.1, 0.15) is 0 Å². The Balaban J connectivity index is 0. The van der Waals surface area contributed by atoms with Gasteiger partial charge in [0.25, 0.3) is 0 Å². The maximum atomic E-state index is 11.5. The van der Waals surface area contributed by atoms with Crippen LogP contribution < -0.4 is 56.7 Å². The first-order valence-electron chi connectivity index (χ1n) is 2.95. The molecule has 0 aliphatic heterocycles. The van der Waals surface area contributed by atoms with Gasteiger partial charge in [0.05, 0.1) is 5.75 Å². The van der Waals surface area contributed by atoms with Crippen LogP contribution in [0.25, 0.3) is 0 Å². The van der Waals surface area contributed by atoms with E-state index in [9.17, 15) is 17.7 Å². The number of carbonyl (C=O) groups is 1. The SMILES string of the molecule is CNC(=O)CSC[B-](F)(F)F.[K+]. The van der Waals surface area contributed by atoms with Crippen LogP contribution in [0.5, 0.6) is 0 Å². The fraction of sp³-hybridized carbons (Fsp3) is 0.750. The Kier molecular flexibility index (Phi) is 10.1. The molecule has 0 aliphatic rings. The Labute approximate surface area is 116 Å². The molecule has 0 aromatic heterocycles. The van der Waals surface area contributed by atoms with Gasteiger partial charge in [-0.05, 0) is 5.65 Å². The molecule has 0 saturated heterocycles. The molecule has 2 nitrogen and oxygen atoms in total. The summed E-state index contributed by atoms with van der Waals surface area (Å²) < 4.78 is 34.6. The van der Waals surface area contributed by atoms with E-state index in [4.69, 9.17) is 0 Å². The minimum Gasteiger partial charge on any atom is -0.448 e. The Morgan fingerprint density at radius 2 is 2.00 bits per heavy atom. The van der Waals surface area contributed by atoms with Crippen molar-refractivity contribution in [1.82, 2.24) is 5.32 Å². The zero-order valence-electron chi connectivity index (χ0n) is 6.94. The van der Waals surface area contributed by atoms with Crippen LogP contribution in [0.15, 0.2) is 0 Å². The van der Waals surface area contributed by atoms with E-state index < -0.39 is 12.6 Å². The van der Waals surface area contributed by atoms with Gasteiger partial charge in [-0.2, -0.15) is 11.8 Å². The molecule has 8 heteroatoms. The fourth-order valence-electron chi connectivity index (χ4n) is 0.357. The molecule has 0 spiro atoms. The topological polar surface area (TPSA) is 29.1 Å². The standard InChI is InChI=1S/C4H8BF3NOS.K/c1-9-4(10)2-11-3-5(6,7)8;/h2-3H2,1H3,(H,9,10);/q-1;+1. The molecule has 0 rings (SSSR count). The Bertz CT molecular complexity index is 145. The van der Waals surface area contributed by atoms with Gasteiger partial charge in [-0.3, -0.25) is 4.79 Å². The average Bonchev–Trinajstić information content (AvgIpc) is 1.85. The van der Waals surface area contributed by atoms with E-state index in [0.29, 0.717) is 11.8 Å². The van der Waals surface area contributed by atoms with E-state index in [-0.39, 0.29) is 63.0 Å². The molecule has 12 heavy (non-hydrogen) atoms. The molecular weight excluding hydrogens is 217 g/mol. The van der Waals surface area contributed by atoms with Crippen LogP contribution in [0, 0.1) is 0 Å². The summed E-state index contributed by atoms with van der Waals surface area (Å²) >= 11 is 0.584. The molecule has 1 N–H and O–H groups in total. The number of thioether (sulfide) groups is 1. The Hall–Kier alpha value is 1.31. The molecule has 66 valence electrons. The summed E-state index contributed by atoms with van der Waals surface area (Å²) in [5.41, 5.74) is -0.909. The summed E-state index contributed by atoms with van der Waals surface area (Å²) in [6.07, 6.45) is 0. The van der Waals surface area contributed by atoms with Crippen LogP contribution in [0.4, 0.5) is 12.9 Å². The van der Waals surface area contributed by atoms with Gasteiger partial charge in [0, 0.05) is 7.05 Å². The minimum atomic E-state index is -4.75. The molecule has 0 aromatic rings. The quantitative estimate of drug-likeness (QED) is 0.553. The number of hydrogen-bond acceptors (Lipinski definition) is 2. The maximum absolute atomic E-state index is 11.5. The minimum absolute atomic E-state index is 0. The zero-order valence-corrected chi connectivity index (χ0v) is 10.9. The number of carbonyl (C=O) groups excluding carboxylic acids is 1. The predicted octanol–water partition coefficient (Wildman–Crippen LogP) is -2.14. The Morgan fingerprint density at radius 3 is 2.33 bits per heavy atom. The maximum Gasteiger partial charge on any atom is 1.00 e. The van der Waals surface area contributed by atoms with Gasteiger partial charge in [0.15, 0.2) is 0 Å². The third-order valence-corrected chi connectivity index (χ3v) is 1.90. The van der Waals surface area contributed by atoms with E-state index in [1.54, 1.807) is 0 Å². The fourth-order valence-corrected chi connectivity index (χ4v) is 1.07. The number of halogens is 3. The van der Waals surface area contributed by atoms with Gasteiger partial charge in [-0.25, -0.2) is 0 Å². The number of nitrogens with one attached hydrogen (secondary N) is 1. The first kappa shape index (κ1) is 15.8. The number of rotatable bonds is 4. The molecule has 0 unspecified atom stereocenters. The van der Waals surface area contributed by atoms with Crippen LogP contribution in [0.2, 0.25) is 0 Å². The van der Waals surface area contributed by atoms with Crippen molar-refractivity contribution in [3.05, 3.63) is 0 Å². The molecule has 0 bridgehead atoms. The second-order valence-corrected chi connectivity index (χ2v) is 2.93. The summed E-state index contributed by atoms with van der Waals surface area (Å²) in [5, 5.41) is 2.23. The van der Waals surface area contributed by atoms with Crippen LogP contribution in [-0.2, 0) is 4.79 Å². The van der Waals surface area contributed by atoms with Gasteiger partial charge in [-0.1, -0.05) is 0 Å². The van der Waals surface area contributed by atoms with Crippen molar-refractivity contribution < 1.29 is 69.1 Å². The molecule has 0 fully saturated rings. The first-order chi connectivity index (χ1) is 4.95. The smallest absolute Gasteiger partial charge is 0.448 e. The van der Waals surface area contributed by atoms with E-state index in [1.165, 1.54) is 7.05 Å². The number of hydrogen-bond donors (Lipinski definition) is 1. The van der Waals surface area contributed by atoms with Crippen molar-refractivity contribution >= 4 is 24.6 Å². The van der Waals surface area contributed by atoms with Crippen molar-refractivity contribution in [1.29, 1.82) is 0 Å². The van der Waals surface area contributed by atoms with Crippen LogP contribution in [0.3, 0.4) is 0 Å². The van der Waals surface area contributed by atoms with Gasteiger partial charge in [0.2, 0.25) is 5.91 Å². The molecule has 0 aromatic carbocycles. The van der Waals surface area contributed by atoms with Crippen LogP contribution in [0.1, 0.15) is 0 Å². The number of amides is 1. The van der Waals surface area contributed by atoms with E-state index in [0.717, 1.165) is 0 Å². The average molecular weight is 225 g/mol. The second-order valence-electron chi connectivity index (χ2n) is 1.90. The predicted molar refractivity (Wildman–Crippen MR) is 40.5 cm³/mol.